The van der Waals surface area contributed by atoms with Crippen LogP contribution in [0.15, 0.2) is 29.1 Å². The van der Waals surface area contributed by atoms with Gasteiger partial charge in [-0.25, -0.2) is 4.68 Å². The van der Waals surface area contributed by atoms with Crippen LogP contribution in [-0.2, 0) is 22.4 Å². The number of fused-ring (bicyclic) bond motifs is 1. The number of tetrazole rings is 1. The van der Waals surface area contributed by atoms with E-state index in [-0.39, 0.29) is 17.7 Å². The number of nitrogens with zero attached hydrogens (tertiary/aromatic N) is 4. The van der Waals surface area contributed by atoms with Gasteiger partial charge in [-0.05, 0) is 58.8 Å². The lowest BCUT2D eigenvalue weighted by atomic mass is 10.0. The molecule has 0 unspecified atom stereocenters. The standard InChI is InChI=1S/C22H28N6O3/c1-2-15-5-6-19-16(12-15)13-18(22(29)23-19)20(27-7-10-30-11-8-27)21-24-25-26-28(21)14-17-4-3-9-31-17/h5-6,12-13,17,20H,2-4,7-11,14H2,1H3,(H,23,29)/p+1/t17-,20-/m1/s1. The maximum atomic E-state index is 13.2. The maximum absolute atomic E-state index is 13.2. The number of ether oxygens (including phenoxy) is 2. The first-order valence-corrected chi connectivity index (χ1v) is 11.2. The number of pyridine rings is 1. The highest BCUT2D eigenvalue weighted by Crippen LogP contribution is 2.21. The normalized spacial score (nSPS) is 21.0. The summed E-state index contributed by atoms with van der Waals surface area (Å²) in [6.45, 7) is 6.43. The van der Waals surface area contributed by atoms with E-state index < -0.39 is 0 Å². The Kier molecular flexibility index (Phi) is 5.80. The zero-order valence-corrected chi connectivity index (χ0v) is 17.8. The molecular formula is C22H29N6O3+. The second-order valence-electron chi connectivity index (χ2n) is 8.39. The highest BCUT2D eigenvalue weighted by Gasteiger charge is 2.35. The molecule has 2 saturated heterocycles. The molecule has 0 aliphatic carbocycles. The number of hydrogen-bond donors (Lipinski definition) is 2. The van der Waals surface area contributed by atoms with Crippen LogP contribution in [0.5, 0.6) is 0 Å². The number of aryl methyl sites for hydroxylation is 1. The first-order chi connectivity index (χ1) is 15.2. The summed E-state index contributed by atoms with van der Waals surface area (Å²) < 4.78 is 13.2. The molecule has 2 aliphatic heterocycles. The van der Waals surface area contributed by atoms with E-state index in [9.17, 15) is 4.79 Å². The van der Waals surface area contributed by atoms with Gasteiger partial charge in [-0.1, -0.05) is 13.0 Å². The molecule has 2 fully saturated rings. The summed E-state index contributed by atoms with van der Waals surface area (Å²) >= 11 is 0. The van der Waals surface area contributed by atoms with Gasteiger partial charge in [-0.3, -0.25) is 4.79 Å². The van der Waals surface area contributed by atoms with Gasteiger partial charge in [-0.2, -0.15) is 0 Å². The van der Waals surface area contributed by atoms with Gasteiger partial charge in [0.25, 0.3) is 5.56 Å². The molecule has 0 radical (unpaired) electrons. The molecule has 2 aliphatic rings. The maximum Gasteiger partial charge on any atom is 0.258 e. The predicted molar refractivity (Wildman–Crippen MR) is 114 cm³/mol. The summed E-state index contributed by atoms with van der Waals surface area (Å²) in [5, 5.41) is 13.7. The zero-order chi connectivity index (χ0) is 21.2. The van der Waals surface area contributed by atoms with Gasteiger partial charge in [-0.15, -0.1) is 5.10 Å². The van der Waals surface area contributed by atoms with E-state index in [0.717, 1.165) is 49.9 Å². The molecule has 2 aromatic heterocycles. The van der Waals surface area contributed by atoms with Gasteiger partial charge in [0.15, 0.2) is 6.04 Å². The number of H-pyrrole nitrogens is 1. The Labute approximate surface area is 180 Å². The topological polar surface area (TPSA) is 99.4 Å². The van der Waals surface area contributed by atoms with Crippen molar-refractivity contribution in [1.29, 1.82) is 0 Å². The second-order valence-corrected chi connectivity index (χ2v) is 8.39. The predicted octanol–water partition coefficient (Wildman–Crippen LogP) is 0.261. The molecular weight excluding hydrogens is 396 g/mol. The van der Waals surface area contributed by atoms with E-state index in [4.69, 9.17) is 9.47 Å². The van der Waals surface area contributed by atoms with Crippen LogP contribution < -0.4 is 10.5 Å². The van der Waals surface area contributed by atoms with Crippen molar-refractivity contribution in [3.05, 3.63) is 51.6 Å². The van der Waals surface area contributed by atoms with Crippen molar-refractivity contribution in [3.63, 3.8) is 0 Å². The molecule has 2 N–H and O–H groups in total. The third kappa shape index (κ3) is 4.13. The first kappa shape index (κ1) is 20.3. The third-order valence-corrected chi connectivity index (χ3v) is 6.42. The molecule has 31 heavy (non-hydrogen) atoms. The lowest BCUT2D eigenvalue weighted by molar-refractivity contribution is -0.933. The summed E-state index contributed by atoms with van der Waals surface area (Å²) in [7, 11) is 0. The summed E-state index contributed by atoms with van der Waals surface area (Å²) in [5.41, 5.74) is 2.69. The molecule has 5 rings (SSSR count). The lowest BCUT2D eigenvalue weighted by Gasteiger charge is -2.30. The van der Waals surface area contributed by atoms with Crippen LogP contribution in [0.25, 0.3) is 10.9 Å². The second kappa shape index (κ2) is 8.86. The minimum Gasteiger partial charge on any atom is -0.376 e. The number of hydrogen-bond acceptors (Lipinski definition) is 6. The number of quaternary nitrogens is 1. The number of aromatic amines is 1. The Balaban J connectivity index is 1.59. The van der Waals surface area contributed by atoms with Gasteiger partial charge in [0.2, 0.25) is 5.82 Å². The molecule has 0 bridgehead atoms. The minimum absolute atomic E-state index is 0.0904. The zero-order valence-electron chi connectivity index (χ0n) is 17.8. The van der Waals surface area contributed by atoms with Gasteiger partial charge >= 0.3 is 0 Å². The van der Waals surface area contributed by atoms with E-state index >= 15 is 0 Å². The highest BCUT2D eigenvalue weighted by molar-refractivity contribution is 5.79. The number of morpholine rings is 1. The third-order valence-electron chi connectivity index (χ3n) is 6.42. The molecule has 0 spiro atoms. The van der Waals surface area contributed by atoms with Crippen molar-refractivity contribution in [2.24, 2.45) is 0 Å². The van der Waals surface area contributed by atoms with E-state index in [1.165, 1.54) is 10.5 Å². The van der Waals surface area contributed by atoms with Gasteiger partial charge < -0.3 is 19.4 Å². The number of aromatic nitrogens is 5. The summed E-state index contributed by atoms with van der Waals surface area (Å²) in [5.74, 6) is 0.712. The quantitative estimate of drug-likeness (QED) is 0.588. The van der Waals surface area contributed by atoms with Gasteiger partial charge in [0.05, 0.1) is 31.4 Å². The number of nitrogens with one attached hydrogen (secondary N) is 2. The Hall–Kier alpha value is -2.62. The molecule has 9 nitrogen and oxygen atoms in total. The summed E-state index contributed by atoms with van der Waals surface area (Å²) in [4.78, 5) is 17.5. The van der Waals surface area contributed by atoms with Crippen LogP contribution >= 0.6 is 0 Å². The van der Waals surface area contributed by atoms with Crippen molar-refractivity contribution in [3.8, 4) is 0 Å². The van der Waals surface area contributed by atoms with Crippen molar-refractivity contribution >= 4 is 10.9 Å². The van der Waals surface area contributed by atoms with Crippen molar-refractivity contribution in [2.45, 2.75) is 44.9 Å². The Morgan fingerprint density at radius 2 is 2.13 bits per heavy atom. The van der Waals surface area contributed by atoms with E-state index in [1.807, 2.05) is 16.8 Å². The van der Waals surface area contributed by atoms with Crippen LogP contribution in [0.1, 0.15) is 42.8 Å². The van der Waals surface area contributed by atoms with Crippen LogP contribution in [0, 0.1) is 0 Å². The molecule has 2 atom stereocenters. The van der Waals surface area contributed by atoms with Crippen LogP contribution in [0.3, 0.4) is 0 Å². The molecule has 0 saturated carbocycles. The monoisotopic (exact) mass is 425 g/mol. The number of benzene rings is 1. The van der Waals surface area contributed by atoms with Gasteiger partial charge in [0, 0.05) is 12.1 Å². The van der Waals surface area contributed by atoms with Crippen molar-refractivity contribution < 1.29 is 14.4 Å². The molecule has 1 aromatic carbocycles. The highest BCUT2D eigenvalue weighted by atomic mass is 16.5. The average Bonchev–Trinajstić information content (AvgIpc) is 3.48. The fourth-order valence-corrected chi connectivity index (χ4v) is 4.70. The fraction of sp³-hybridized carbons (Fsp3) is 0.545. The largest absolute Gasteiger partial charge is 0.376 e. The Bertz CT molecular complexity index is 1100. The van der Waals surface area contributed by atoms with Crippen molar-refractivity contribution in [2.75, 3.05) is 32.9 Å². The lowest BCUT2D eigenvalue weighted by Crippen LogP contribution is -3.14. The molecule has 9 heteroatoms. The Morgan fingerprint density at radius 1 is 1.26 bits per heavy atom. The SMILES string of the molecule is CCc1ccc2[nH]c(=O)c([C@H](c3nnnn3C[C@H]3CCCO3)[NH+]3CCOCC3)cc2c1. The minimum atomic E-state index is -0.265. The fourth-order valence-electron chi connectivity index (χ4n) is 4.70. The summed E-state index contributed by atoms with van der Waals surface area (Å²) in [6, 6.07) is 7.95. The van der Waals surface area contributed by atoms with Crippen LogP contribution in [-0.4, -0.2) is 64.2 Å². The Morgan fingerprint density at radius 3 is 2.90 bits per heavy atom. The molecule has 4 heterocycles. The van der Waals surface area contributed by atoms with E-state index in [2.05, 4.69) is 39.6 Å². The molecule has 164 valence electrons. The molecule has 0 amide bonds. The average molecular weight is 426 g/mol. The smallest absolute Gasteiger partial charge is 0.258 e. The number of rotatable bonds is 6. The van der Waals surface area contributed by atoms with E-state index in [1.54, 1.807) is 0 Å². The molecule has 3 aromatic rings. The van der Waals surface area contributed by atoms with Crippen molar-refractivity contribution in [1.82, 2.24) is 25.2 Å². The van der Waals surface area contributed by atoms with E-state index in [0.29, 0.717) is 31.1 Å². The summed E-state index contributed by atoms with van der Waals surface area (Å²) in [6.07, 6.45) is 3.13. The first-order valence-electron chi connectivity index (χ1n) is 11.2. The van der Waals surface area contributed by atoms with Crippen LogP contribution in [0.2, 0.25) is 0 Å². The van der Waals surface area contributed by atoms with Crippen LogP contribution in [0.4, 0.5) is 0 Å². The van der Waals surface area contributed by atoms with Gasteiger partial charge in [0.1, 0.15) is 13.1 Å².